The van der Waals surface area contributed by atoms with E-state index in [1.165, 1.54) is 11.3 Å². The molecule has 0 bridgehead atoms. The third kappa shape index (κ3) is 3.73. The number of hydrogen-bond acceptors (Lipinski definition) is 4. The Balaban J connectivity index is 1.67. The van der Waals surface area contributed by atoms with Crippen LogP contribution in [0.25, 0.3) is 20.8 Å². The average Bonchev–Trinajstić information content (AvgIpc) is 3.04. The summed E-state index contributed by atoms with van der Waals surface area (Å²) in [5.41, 5.74) is 2.63. The normalized spacial score (nSPS) is 11.7. The Morgan fingerprint density at radius 1 is 1.00 bits per heavy atom. The van der Waals surface area contributed by atoms with Crippen molar-refractivity contribution in [2.45, 2.75) is 11.8 Å². The maximum Gasteiger partial charge on any atom is 0.262 e. The minimum Gasteiger partial charge on any atom is -0.280 e. The van der Waals surface area contributed by atoms with E-state index in [0.717, 1.165) is 20.8 Å². The minimum absolute atomic E-state index is 0.234. The number of nitrogens with zero attached hydrogens (tertiary/aromatic N) is 1. The number of aromatic nitrogens is 1. The Labute approximate surface area is 176 Å². The third-order valence-corrected chi connectivity index (χ3v) is 7.33. The van der Waals surface area contributed by atoms with Gasteiger partial charge in [0.05, 0.1) is 25.8 Å². The molecule has 4 nitrogen and oxygen atoms in total. The number of halogens is 2. The number of nitrogens with one attached hydrogen (secondary N) is 1. The van der Waals surface area contributed by atoms with E-state index in [-0.39, 0.29) is 4.90 Å². The highest BCUT2D eigenvalue weighted by Gasteiger charge is 2.17. The Bertz CT molecular complexity index is 1300. The molecule has 28 heavy (non-hydrogen) atoms. The van der Waals surface area contributed by atoms with Crippen LogP contribution in [0.15, 0.2) is 65.6 Å². The van der Waals surface area contributed by atoms with Crippen molar-refractivity contribution in [3.05, 3.63) is 76.3 Å². The summed E-state index contributed by atoms with van der Waals surface area (Å²) < 4.78 is 28.9. The molecule has 3 aromatic carbocycles. The maximum atomic E-state index is 12.7. The molecule has 0 aliphatic carbocycles. The van der Waals surface area contributed by atoms with E-state index in [1.807, 2.05) is 12.1 Å². The molecular formula is C20H14Cl2N2O2S2. The van der Waals surface area contributed by atoms with Crippen LogP contribution in [-0.4, -0.2) is 13.4 Å². The fourth-order valence-corrected chi connectivity index (χ4v) is 5.74. The summed E-state index contributed by atoms with van der Waals surface area (Å²) >= 11 is 13.9. The van der Waals surface area contributed by atoms with Crippen LogP contribution in [0, 0.1) is 6.92 Å². The molecule has 0 aliphatic rings. The Morgan fingerprint density at radius 3 is 2.54 bits per heavy atom. The van der Waals surface area contributed by atoms with E-state index in [0.29, 0.717) is 21.3 Å². The zero-order valence-corrected chi connectivity index (χ0v) is 17.8. The van der Waals surface area contributed by atoms with Gasteiger partial charge < -0.3 is 0 Å². The summed E-state index contributed by atoms with van der Waals surface area (Å²) in [6.45, 7) is 1.75. The highest BCUT2D eigenvalue weighted by molar-refractivity contribution is 7.92. The number of fused-ring (bicyclic) bond motifs is 1. The summed E-state index contributed by atoms with van der Waals surface area (Å²) in [6, 6.07) is 17.3. The van der Waals surface area contributed by atoms with Gasteiger partial charge in [0.25, 0.3) is 10.0 Å². The number of benzene rings is 3. The van der Waals surface area contributed by atoms with Gasteiger partial charge in [0, 0.05) is 10.6 Å². The van der Waals surface area contributed by atoms with Crippen molar-refractivity contribution in [2.75, 3.05) is 4.72 Å². The quantitative estimate of drug-likeness (QED) is 0.393. The first-order valence-electron chi connectivity index (χ1n) is 8.28. The van der Waals surface area contributed by atoms with Gasteiger partial charge in [-0.25, -0.2) is 13.4 Å². The number of anilines is 1. The minimum atomic E-state index is -3.70. The Kier molecular flexibility index (Phi) is 5.05. The summed E-state index contributed by atoms with van der Waals surface area (Å²) in [5, 5.41) is 1.81. The summed E-state index contributed by atoms with van der Waals surface area (Å²) in [5.74, 6) is 0. The fourth-order valence-electron chi connectivity index (χ4n) is 2.83. The maximum absolute atomic E-state index is 12.7. The standard InChI is InChI=1S/C20H14Cl2N2O2S2/c1-12-4-2-3-5-19(12)28(25,26)24-14-7-8-15(16(22)11-14)20-23-17-9-6-13(21)10-18(17)27-20/h2-11,24H,1H3. The van der Waals surface area contributed by atoms with E-state index < -0.39 is 10.0 Å². The molecule has 0 amide bonds. The molecule has 0 saturated heterocycles. The number of thiazole rings is 1. The van der Waals surface area contributed by atoms with Gasteiger partial charge in [0.1, 0.15) is 5.01 Å². The van der Waals surface area contributed by atoms with Gasteiger partial charge in [0.2, 0.25) is 0 Å². The number of aryl methyl sites for hydroxylation is 1. The Hall–Kier alpha value is -2.12. The molecular weight excluding hydrogens is 435 g/mol. The first kappa shape index (κ1) is 19.2. The van der Waals surface area contributed by atoms with Gasteiger partial charge in [-0.05, 0) is 55.0 Å². The molecule has 1 N–H and O–H groups in total. The monoisotopic (exact) mass is 448 g/mol. The van der Waals surface area contributed by atoms with Crippen LogP contribution in [0.5, 0.6) is 0 Å². The van der Waals surface area contributed by atoms with Crippen molar-refractivity contribution in [2.24, 2.45) is 0 Å². The summed E-state index contributed by atoms with van der Waals surface area (Å²) in [7, 11) is -3.70. The van der Waals surface area contributed by atoms with Gasteiger partial charge in [-0.3, -0.25) is 4.72 Å². The SMILES string of the molecule is Cc1ccccc1S(=O)(=O)Nc1ccc(-c2nc3ccc(Cl)cc3s2)c(Cl)c1. The number of rotatable bonds is 4. The van der Waals surface area contributed by atoms with Crippen LogP contribution >= 0.6 is 34.5 Å². The van der Waals surface area contributed by atoms with Crippen molar-refractivity contribution in [3.8, 4) is 10.6 Å². The third-order valence-electron chi connectivity index (χ3n) is 4.19. The molecule has 0 fully saturated rings. The van der Waals surface area contributed by atoms with Gasteiger partial charge in [-0.15, -0.1) is 11.3 Å². The van der Waals surface area contributed by atoms with Crippen LogP contribution in [0.3, 0.4) is 0 Å². The Morgan fingerprint density at radius 2 is 1.79 bits per heavy atom. The first-order valence-corrected chi connectivity index (χ1v) is 11.3. The molecule has 0 radical (unpaired) electrons. The lowest BCUT2D eigenvalue weighted by molar-refractivity contribution is 0.600. The highest BCUT2D eigenvalue weighted by Crippen LogP contribution is 2.36. The second kappa shape index (κ2) is 7.37. The van der Waals surface area contributed by atoms with Crippen molar-refractivity contribution < 1.29 is 8.42 Å². The largest absolute Gasteiger partial charge is 0.280 e. The summed E-state index contributed by atoms with van der Waals surface area (Å²) in [4.78, 5) is 4.82. The zero-order chi connectivity index (χ0) is 19.9. The lowest BCUT2D eigenvalue weighted by Gasteiger charge is -2.11. The first-order chi connectivity index (χ1) is 13.3. The highest BCUT2D eigenvalue weighted by atomic mass is 35.5. The van der Waals surface area contributed by atoms with E-state index in [4.69, 9.17) is 23.2 Å². The summed E-state index contributed by atoms with van der Waals surface area (Å²) in [6.07, 6.45) is 0. The predicted molar refractivity (Wildman–Crippen MR) is 117 cm³/mol. The molecule has 0 aliphatic heterocycles. The second-order valence-electron chi connectivity index (χ2n) is 6.20. The molecule has 4 rings (SSSR count). The number of sulfonamides is 1. The molecule has 4 aromatic rings. The van der Waals surface area contributed by atoms with Gasteiger partial charge in [-0.2, -0.15) is 0 Å². The van der Waals surface area contributed by atoms with E-state index in [2.05, 4.69) is 9.71 Å². The van der Waals surface area contributed by atoms with E-state index in [1.54, 1.807) is 55.5 Å². The lowest BCUT2D eigenvalue weighted by Crippen LogP contribution is -2.14. The van der Waals surface area contributed by atoms with Crippen LogP contribution < -0.4 is 4.72 Å². The predicted octanol–water partition coefficient (Wildman–Crippen LogP) is 6.38. The molecule has 0 unspecified atom stereocenters. The average molecular weight is 449 g/mol. The zero-order valence-electron chi connectivity index (χ0n) is 14.6. The van der Waals surface area contributed by atoms with Crippen molar-refractivity contribution >= 4 is 60.5 Å². The molecule has 0 spiro atoms. The molecule has 142 valence electrons. The molecule has 0 atom stereocenters. The fraction of sp³-hybridized carbons (Fsp3) is 0.0500. The van der Waals surface area contributed by atoms with Crippen LogP contribution in [-0.2, 0) is 10.0 Å². The lowest BCUT2D eigenvalue weighted by atomic mass is 10.2. The van der Waals surface area contributed by atoms with Gasteiger partial charge >= 0.3 is 0 Å². The number of hydrogen-bond donors (Lipinski definition) is 1. The smallest absolute Gasteiger partial charge is 0.262 e. The van der Waals surface area contributed by atoms with Crippen LogP contribution in [0.1, 0.15) is 5.56 Å². The van der Waals surface area contributed by atoms with Crippen LogP contribution in [0.4, 0.5) is 5.69 Å². The van der Waals surface area contributed by atoms with Crippen molar-refractivity contribution in [1.29, 1.82) is 0 Å². The van der Waals surface area contributed by atoms with Crippen molar-refractivity contribution in [3.63, 3.8) is 0 Å². The molecule has 0 saturated carbocycles. The molecule has 1 heterocycles. The van der Waals surface area contributed by atoms with Crippen molar-refractivity contribution in [1.82, 2.24) is 4.98 Å². The topological polar surface area (TPSA) is 59.1 Å². The second-order valence-corrected chi connectivity index (χ2v) is 9.72. The van der Waals surface area contributed by atoms with Crippen LogP contribution in [0.2, 0.25) is 10.0 Å². The van der Waals surface area contributed by atoms with E-state index in [9.17, 15) is 8.42 Å². The van der Waals surface area contributed by atoms with E-state index >= 15 is 0 Å². The van der Waals surface area contributed by atoms with Gasteiger partial charge in [-0.1, -0.05) is 41.4 Å². The molecule has 1 aromatic heterocycles. The van der Waals surface area contributed by atoms with Gasteiger partial charge in [0.15, 0.2) is 0 Å². The molecule has 8 heteroatoms.